The molecule has 2 saturated heterocycles. The summed E-state index contributed by atoms with van der Waals surface area (Å²) in [5, 5.41) is 0. The van der Waals surface area contributed by atoms with E-state index in [2.05, 4.69) is 19.1 Å². The molecule has 3 heteroatoms. The maximum atomic E-state index is 5.47. The third-order valence-corrected chi connectivity index (χ3v) is 3.41. The zero-order valence-corrected chi connectivity index (χ0v) is 8.68. The zero-order chi connectivity index (χ0) is 10.3. The third-order valence-electron chi connectivity index (χ3n) is 3.41. The monoisotopic (exact) mass is 206 g/mol. The van der Waals surface area contributed by atoms with Crippen molar-refractivity contribution in [3.63, 3.8) is 0 Å². The number of ether oxygens (including phenoxy) is 1. The van der Waals surface area contributed by atoms with Gasteiger partial charge in [-0.3, -0.25) is 0 Å². The second kappa shape index (κ2) is 3.30. The van der Waals surface area contributed by atoms with Crippen LogP contribution in [0.2, 0.25) is 0 Å². The molecule has 2 fully saturated rings. The summed E-state index contributed by atoms with van der Waals surface area (Å²) < 4.78 is 5.45. The molecule has 0 radical (unpaired) electrons. The molecule has 1 aromatic carbocycles. The lowest BCUT2D eigenvalue weighted by atomic mass is 9.82. The lowest BCUT2D eigenvalue weighted by Gasteiger charge is -2.25. The highest BCUT2D eigenvalue weighted by atomic mass is 17.2. The summed E-state index contributed by atoms with van der Waals surface area (Å²) in [6, 6.07) is 10.2. The largest absolute Gasteiger partial charge is 0.349 e. The number of benzene rings is 1. The van der Waals surface area contributed by atoms with E-state index in [4.69, 9.17) is 14.5 Å². The van der Waals surface area contributed by atoms with E-state index in [1.165, 1.54) is 0 Å². The van der Waals surface area contributed by atoms with Gasteiger partial charge in [0, 0.05) is 0 Å². The van der Waals surface area contributed by atoms with Gasteiger partial charge >= 0.3 is 0 Å². The average molecular weight is 206 g/mol. The molecule has 0 N–H and O–H groups in total. The first kappa shape index (κ1) is 9.33. The first-order valence-corrected chi connectivity index (χ1v) is 5.32. The molecular formula is C12H14O3. The van der Waals surface area contributed by atoms with Gasteiger partial charge in [0.2, 0.25) is 0 Å². The summed E-state index contributed by atoms with van der Waals surface area (Å²) >= 11 is 0. The van der Waals surface area contributed by atoms with Crippen molar-refractivity contribution in [2.45, 2.75) is 25.2 Å². The Kier molecular flexibility index (Phi) is 2.06. The van der Waals surface area contributed by atoms with Crippen LogP contribution in [-0.4, -0.2) is 12.9 Å². The fourth-order valence-electron chi connectivity index (χ4n) is 2.43. The van der Waals surface area contributed by atoms with Crippen molar-refractivity contribution in [1.82, 2.24) is 0 Å². The molecule has 0 aliphatic carbocycles. The van der Waals surface area contributed by atoms with Gasteiger partial charge < -0.3 is 4.74 Å². The lowest BCUT2D eigenvalue weighted by molar-refractivity contribution is -0.362. The summed E-state index contributed by atoms with van der Waals surface area (Å²) in [5.74, 6) is 0.305. The number of hydrogen-bond donors (Lipinski definition) is 0. The molecule has 0 bridgehead atoms. The molecule has 2 aliphatic rings. The predicted molar refractivity (Wildman–Crippen MR) is 53.8 cm³/mol. The third kappa shape index (κ3) is 1.31. The Morgan fingerprint density at radius 3 is 2.87 bits per heavy atom. The highest BCUT2D eigenvalue weighted by Gasteiger charge is 2.53. The normalized spacial score (nSPS) is 39.3. The van der Waals surface area contributed by atoms with Crippen LogP contribution < -0.4 is 0 Å². The number of hydrogen-bond acceptors (Lipinski definition) is 3. The van der Waals surface area contributed by atoms with E-state index >= 15 is 0 Å². The van der Waals surface area contributed by atoms with Crippen molar-refractivity contribution >= 4 is 0 Å². The Morgan fingerprint density at radius 2 is 2.07 bits per heavy atom. The smallest absolute Gasteiger partial charge is 0.197 e. The van der Waals surface area contributed by atoms with Gasteiger partial charge in [0.15, 0.2) is 6.29 Å². The van der Waals surface area contributed by atoms with Gasteiger partial charge in [-0.1, -0.05) is 30.3 Å². The van der Waals surface area contributed by atoms with Gasteiger partial charge in [0.1, 0.15) is 5.60 Å². The van der Waals surface area contributed by atoms with Gasteiger partial charge in [-0.2, -0.15) is 0 Å². The predicted octanol–water partition coefficient (Wildman–Crippen LogP) is 2.23. The second-order valence-electron chi connectivity index (χ2n) is 4.29. The van der Waals surface area contributed by atoms with E-state index in [-0.39, 0.29) is 11.9 Å². The van der Waals surface area contributed by atoms with Gasteiger partial charge in [0.25, 0.3) is 0 Å². The van der Waals surface area contributed by atoms with Crippen LogP contribution in [-0.2, 0) is 20.1 Å². The second-order valence-corrected chi connectivity index (χ2v) is 4.29. The Bertz CT molecular complexity index is 351. The highest BCUT2D eigenvalue weighted by Crippen LogP contribution is 2.47. The molecule has 80 valence electrons. The summed E-state index contributed by atoms with van der Waals surface area (Å²) in [4.78, 5) is 10.7. The standard InChI is InChI=1S/C12H14O3/c1-12(9-5-3-2-4-6-9)10-7-8-13-11(10)14-15-12/h2-6,10-11H,7-8H2,1H3/t10-,11-,12+/m1/s1. The minimum absolute atomic E-state index is 0.185. The maximum absolute atomic E-state index is 5.47. The SMILES string of the molecule is C[C@@]1(c2ccccc2)OO[C@H]2OCC[C@H]21. The quantitative estimate of drug-likeness (QED) is 0.659. The molecule has 0 unspecified atom stereocenters. The molecule has 0 amide bonds. The van der Waals surface area contributed by atoms with Gasteiger partial charge in [-0.15, -0.1) is 0 Å². The van der Waals surface area contributed by atoms with Crippen molar-refractivity contribution in [2.24, 2.45) is 5.92 Å². The van der Waals surface area contributed by atoms with Crippen molar-refractivity contribution in [1.29, 1.82) is 0 Å². The van der Waals surface area contributed by atoms with Gasteiger partial charge in [-0.05, 0) is 18.9 Å². The fraction of sp³-hybridized carbons (Fsp3) is 0.500. The minimum Gasteiger partial charge on any atom is -0.349 e. The number of rotatable bonds is 1. The topological polar surface area (TPSA) is 27.7 Å². The molecule has 1 aromatic rings. The summed E-state index contributed by atoms with van der Waals surface area (Å²) in [6.45, 7) is 2.84. The van der Waals surface area contributed by atoms with Crippen LogP contribution in [0.1, 0.15) is 18.9 Å². The van der Waals surface area contributed by atoms with E-state index in [1.807, 2.05) is 18.2 Å². The maximum Gasteiger partial charge on any atom is 0.197 e. The molecular weight excluding hydrogens is 192 g/mol. The molecule has 3 atom stereocenters. The Labute approximate surface area is 88.9 Å². The van der Waals surface area contributed by atoms with Crippen LogP contribution in [0.4, 0.5) is 0 Å². The molecule has 2 heterocycles. The van der Waals surface area contributed by atoms with Crippen molar-refractivity contribution in [3.05, 3.63) is 35.9 Å². The molecule has 0 aromatic heterocycles. The van der Waals surface area contributed by atoms with Crippen LogP contribution in [0.15, 0.2) is 30.3 Å². The fourth-order valence-corrected chi connectivity index (χ4v) is 2.43. The van der Waals surface area contributed by atoms with Crippen LogP contribution in [0.5, 0.6) is 0 Å². The van der Waals surface area contributed by atoms with E-state index in [1.54, 1.807) is 0 Å². The molecule has 0 spiro atoms. The van der Waals surface area contributed by atoms with Crippen LogP contribution in [0.3, 0.4) is 0 Å². The van der Waals surface area contributed by atoms with E-state index in [0.29, 0.717) is 5.92 Å². The summed E-state index contributed by atoms with van der Waals surface area (Å²) in [5.41, 5.74) is 0.797. The first-order valence-electron chi connectivity index (χ1n) is 5.32. The van der Waals surface area contributed by atoms with Gasteiger partial charge in [0.05, 0.1) is 12.5 Å². The average Bonchev–Trinajstić information content (AvgIpc) is 2.85. The lowest BCUT2D eigenvalue weighted by Crippen LogP contribution is -2.30. The molecule has 15 heavy (non-hydrogen) atoms. The van der Waals surface area contributed by atoms with E-state index in [9.17, 15) is 0 Å². The summed E-state index contributed by atoms with van der Waals surface area (Å²) in [7, 11) is 0. The Hall–Kier alpha value is -0.900. The first-order chi connectivity index (χ1) is 7.31. The molecule has 3 nitrogen and oxygen atoms in total. The Balaban J connectivity index is 1.97. The Morgan fingerprint density at radius 1 is 1.27 bits per heavy atom. The van der Waals surface area contributed by atoms with Crippen LogP contribution in [0.25, 0.3) is 0 Å². The minimum atomic E-state index is -0.359. The van der Waals surface area contributed by atoms with Crippen molar-refractivity contribution < 1.29 is 14.5 Å². The number of fused-ring (bicyclic) bond motifs is 1. The molecule has 0 saturated carbocycles. The van der Waals surface area contributed by atoms with Crippen LogP contribution >= 0.6 is 0 Å². The van der Waals surface area contributed by atoms with Crippen molar-refractivity contribution in [2.75, 3.05) is 6.61 Å². The molecule has 3 rings (SSSR count). The van der Waals surface area contributed by atoms with E-state index in [0.717, 1.165) is 18.6 Å². The molecule has 2 aliphatic heterocycles. The summed E-state index contributed by atoms with van der Waals surface area (Å²) in [6.07, 6.45) is 0.811. The zero-order valence-electron chi connectivity index (χ0n) is 8.68. The van der Waals surface area contributed by atoms with E-state index < -0.39 is 0 Å². The van der Waals surface area contributed by atoms with Crippen molar-refractivity contribution in [3.8, 4) is 0 Å². The van der Waals surface area contributed by atoms with Crippen LogP contribution in [0, 0.1) is 5.92 Å². The van der Waals surface area contributed by atoms with Gasteiger partial charge in [-0.25, -0.2) is 9.78 Å². The highest BCUT2D eigenvalue weighted by molar-refractivity contribution is 5.23.